The molecular formula is C15H21ClO. The number of halogens is 1. The first kappa shape index (κ1) is 12.9. The second kappa shape index (κ2) is 6.42. The van der Waals surface area contributed by atoms with E-state index < -0.39 is 0 Å². The first-order valence-electron chi connectivity index (χ1n) is 6.67. The standard InChI is InChI=1S/C15H21ClO/c16-14-9-5-8-13(10-14)15(11-17)12-6-3-1-2-4-7-12/h5,8-10,12,15,17H,1-4,6-7,11H2. The van der Waals surface area contributed by atoms with Crippen molar-refractivity contribution in [2.24, 2.45) is 5.92 Å². The van der Waals surface area contributed by atoms with Gasteiger partial charge in [-0.05, 0) is 36.5 Å². The number of aliphatic hydroxyl groups excluding tert-OH is 1. The maximum Gasteiger partial charge on any atom is 0.0502 e. The Morgan fingerprint density at radius 3 is 2.47 bits per heavy atom. The van der Waals surface area contributed by atoms with E-state index in [2.05, 4.69) is 6.07 Å². The Hall–Kier alpha value is -0.530. The molecule has 2 rings (SSSR count). The maximum atomic E-state index is 9.67. The first-order valence-corrected chi connectivity index (χ1v) is 7.05. The van der Waals surface area contributed by atoms with Crippen LogP contribution in [0.3, 0.4) is 0 Å². The second-order valence-corrected chi connectivity index (χ2v) is 5.53. The average Bonchev–Trinajstić information content (AvgIpc) is 2.59. The molecule has 1 fully saturated rings. The largest absolute Gasteiger partial charge is 0.396 e. The van der Waals surface area contributed by atoms with Crippen molar-refractivity contribution in [1.82, 2.24) is 0 Å². The topological polar surface area (TPSA) is 20.2 Å². The molecule has 0 spiro atoms. The fraction of sp³-hybridized carbons (Fsp3) is 0.600. The fourth-order valence-corrected chi connectivity index (χ4v) is 3.18. The molecule has 1 aromatic carbocycles. The van der Waals surface area contributed by atoms with Gasteiger partial charge in [0.05, 0.1) is 6.61 Å². The van der Waals surface area contributed by atoms with E-state index in [4.69, 9.17) is 11.6 Å². The Morgan fingerprint density at radius 2 is 1.88 bits per heavy atom. The molecule has 17 heavy (non-hydrogen) atoms. The fourth-order valence-electron chi connectivity index (χ4n) is 2.98. The Labute approximate surface area is 109 Å². The second-order valence-electron chi connectivity index (χ2n) is 5.10. The lowest BCUT2D eigenvalue weighted by atomic mass is 9.82. The van der Waals surface area contributed by atoms with Crippen LogP contribution < -0.4 is 0 Å². The van der Waals surface area contributed by atoms with Crippen molar-refractivity contribution in [3.8, 4) is 0 Å². The molecule has 0 saturated heterocycles. The Bertz CT molecular complexity index is 343. The Morgan fingerprint density at radius 1 is 1.18 bits per heavy atom. The Kier molecular flexibility index (Phi) is 4.87. The zero-order valence-electron chi connectivity index (χ0n) is 10.2. The molecule has 1 nitrogen and oxygen atoms in total. The van der Waals surface area contributed by atoms with E-state index in [9.17, 15) is 5.11 Å². The van der Waals surface area contributed by atoms with Gasteiger partial charge in [0.1, 0.15) is 0 Å². The molecule has 1 aliphatic carbocycles. The summed E-state index contributed by atoms with van der Waals surface area (Å²) in [6.45, 7) is 0.241. The number of hydrogen-bond donors (Lipinski definition) is 1. The van der Waals surface area contributed by atoms with Crippen LogP contribution in [0.1, 0.15) is 50.0 Å². The van der Waals surface area contributed by atoms with E-state index in [1.165, 1.54) is 44.1 Å². The third kappa shape index (κ3) is 3.46. The van der Waals surface area contributed by atoms with Crippen LogP contribution >= 0.6 is 11.6 Å². The molecule has 94 valence electrons. The van der Waals surface area contributed by atoms with Crippen LogP contribution in [0.25, 0.3) is 0 Å². The maximum absolute atomic E-state index is 9.67. The summed E-state index contributed by atoms with van der Waals surface area (Å²) in [4.78, 5) is 0. The molecule has 0 radical (unpaired) electrons. The van der Waals surface area contributed by atoms with Gasteiger partial charge in [-0.1, -0.05) is 49.4 Å². The zero-order chi connectivity index (χ0) is 12.1. The van der Waals surface area contributed by atoms with E-state index in [1.54, 1.807) is 0 Å². The van der Waals surface area contributed by atoms with Crippen LogP contribution in [0.4, 0.5) is 0 Å². The quantitative estimate of drug-likeness (QED) is 0.792. The lowest BCUT2D eigenvalue weighted by Crippen LogP contribution is -2.16. The van der Waals surface area contributed by atoms with Gasteiger partial charge in [0.15, 0.2) is 0 Å². The molecule has 1 atom stereocenters. The predicted molar refractivity (Wildman–Crippen MR) is 72.5 cm³/mol. The van der Waals surface area contributed by atoms with Gasteiger partial charge in [-0.25, -0.2) is 0 Å². The van der Waals surface area contributed by atoms with Crippen molar-refractivity contribution in [1.29, 1.82) is 0 Å². The van der Waals surface area contributed by atoms with Crippen molar-refractivity contribution in [2.75, 3.05) is 6.61 Å². The van der Waals surface area contributed by atoms with Gasteiger partial charge < -0.3 is 5.11 Å². The highest BCUT2D eigenvalue weighted by Gasteiger charge is 2.23. The minimum atomic E-state index is 0.241. The van der Waals surface area contributed by atoms with E-state index in [-0.39, 0.29) is 12.5 Å². The summed E-state index contributed by atoms with van der Waals surface area (Å²) >= 11 is 6.04. The van der Waals surface area contributed by atoms with Gasteiger partial charge in [0.25, 0.3) is 0 Å². The van der Waals surface area contributed by atoms with Crippen LogP contribution in [-0.2, 0) is 0 Å². The molecule has 2 heteroatoms. The first-order chi connectivity index (χ1) is 8.31. The van der Waals surface area contributed by atoms with E-state index in [0.717, 1.165) is 5.02 Å². The van der Waals surface area contributed by atoms with Crippen LogP contribution in [0.5, 0.6) is 0 Å². The molecule has 1 N–H and O–H groups in total. The van der Waals surface area contributed by atoms with E-state index in [0.29, 0.717) is 5.92 Å². The minimum absolute atomic E-state index is 0.241. The molecule has 1 unspecified atom stereocenters. The number of aliphatic hydroxyl groups is 1. The summed E-state index contributed by atoms with van der Waals surface area (Å²) in [5, 5.41) is 10.4. The summed E-state index contributed by atoms with van der Waals surface area (Å²) in [7, 11) is 0. The summed E-state index contributed by atoms with van der Waals surface area (Å²) in [5.41, 5.74) is 1.20. The van der Waals surface area contributed by atoms with Gasteiger partial charge in [-0.2, -0.15) is 0 Å². The molecule has 0 amide bonds. The van der Waals surface area contributed by atoms with Crippen molar-refractivity contribution >= 4 is 11.6 Å². The van der Waals surface area contributed by atoms with Gasteiger partial charge in [-0.3, -0.25) is 0 Å². The monoisotopic (exact) mass is 252 g/mol. The number of hydrogen-bond acceptors (Lipinski definition) is 1. The van der Waals surface area contributed by atoms with Crippen molar-refractivity contribution in [3.63, 3.8) is 0 Å². The molecule has 1 aromatic rings. The van der Waals surface area contributed by atoms with Crippen molar-refractivity contribution in [2.45, 2.75) is 44.4 Å². The highest BCUT2D eigenvalue weighted by molar-refractivity contribution is 6.30. The van der Waals surface area contributed by atoms with Gasteiger partial charge in [0, 0.05) is 10.9 Å². The average molecular weight is 253 g/mol. The summed E-state index contributed by atoms with van der Waals surface area (Å²) in [6, 6.07) is 7.98. The van der Waals surface area contributed by atoms with E-state index >= 15 is 0 Å². The third-order valence-corrected chi connectivity index (χ3v) is 4.18. The molecule has 1 saturated carbocycles. The van der Waals surface area contributed by atoms with E-state index in [1.807, 2.05) is 18.2 Å². The highest BCUT2D eigenvalue weighted by Crippen LogP contribution is 2.35. The summed E-state index contributed by atoms with van der Waals surface area (Å²) in [6.07, 6.45) is 7.81. The van der Waals surface area contributed by atoms with Crippen LogP contribution in [0.2, 0.25) is 5.02 Å². The van der Waals surface area contributed by atoms with Gasteiger partial charge in [-0.15, -0.1) is 0 Å². The lowest BCUT2D eigenvalue weighted by Gasteiger charge is -2.25. The van der Waals surface area contributed by atoms with Crippen LogP contribution in [0.15, 0.2) is 24.3 Å². The minimum Gasteiger partial charge on any atom is -0.396 e. The lowest BCUT2D eigenvalue weighted by molar-refractivity contribution is 0.214. The Balaban J connectivity index is 2.14. The van der Waals surface area contributed by atoms with Crippen LogP contribution in [-0.4, -0.2) is 11.7 Å². The number of benzene rings is 1. The normalized spacial score (nSPS) is 19.9. The summed E-state index contributed by atoms with van der Waals surface area (Å²) in [5.74, 6) is 0.896. The summed E-state index contributed by atoms with van der Waals surface area (Å²) < 4.78 is 0. The molecule has 0 aromatic heterocycles. The molecule has 0 heterocycles. The predicted octanol–water partition coefficient (Wildman–Crippen LogP) is 4.39. The molecule has 0 aliphatic heterocycles. The van der Waals surface area contributed by atoms with Crippen molar-refractivity contribution in [3.05, 3.63) is 34.9 Å². The van der Waals surface area contributed by atoms with Gasteiger partial charge >= 0.3 is 0 Å². The SMILES string of the molecule is OCC(c1cccc(Cl)c1)C1CCCCCC1. The van der Waals surface area contributed by atoms with Crippen molar-refractivity contribution < 1.29 is 5.11 Å². The third-order valence-electron chi connectivity index (χ3n) is 3.94. The van der Waals surface area contributed by atoms with Gasteiger partial charge in [0.2, 0.25) is 0 Å². The molecular weight excluding hydrogens is 232 g/mol. The number of rotatable bonds is 3. The smallest absolute Gasteiger partial charge is 0.0502 e. The molecule has 0 bridgehead atoms. The van der Waals surface area contributed by atoms with Crippen LogP contribution in [0, 0.1) is 5.92 Å². The zero-order valence-corrected chi connectivity index (χ0v) is 11.0. The highest BCUT2D eigenvalue weighted by atomic mass is 35.5. The molecule has 1 aliphatic rings.